The maximum atomic E-state index is 13.1. The number of rotatable bonds is 6. The predicted molar refractivity (Wildman–Crippen MR) is 106 cm³/mol. The summed E-state index contributed by atoms with van der Waals surface area (Å²) in [7, 11) is 1.21. The molecule has 1 aromatic rings. The highest BCUT2D eigenvalue weighted by atomic mass is 16.6. The molecule has 0 saturated carbocycles. The van der Waals surface area contributed by atoms with Gasteiger partial charge in [0, 0.05) is 35.2 Å². The number of nitro groups is 1. The molecule has 0 amide bonds. The van der Waals surface area contributed by atoms with E-state index in [2.05, 4.69) is 4.99 Å². The number of carbonyl (C=O) groups is 1. The van der Waals surface area contributed by atoms with Gasteiger partial charge in [-0.1, -0.05) is 18.2 Å². The molecule has 0 aliphatic carbocycles. The average molecular weight is 415 g/mol. The Morgan fingerprint density at radius 2 is 2.07 bits per heavy atom. The number of benzene rings is 1. The molecule has 0 N–H and O–H groups in total. The second-order valence-corrected chi connectivity index (χ2v) is 7.08. The number of carbonyl (C=O) groups excluding carboxylic acids is 1. The summed E-state index contributed by atoms with van der Waals surface area (Å²) in [6.07, 6.45) is 1.50. The van der Waals surface area contributed by atoms with Crippen molar-refractivity contribution in [2.75, 3.05) is 20.3 Å². The van der Waals surface area contributed by atoms with Crippen LogP contribution in [-0.4, -0.2) is 43.0 Å². The molecule has 2 aliphatic heterocycles. The number of para-hydroxylation sites is 1. The minimum absolute atomic E-state index is 0.0650. The van der Waals surface area contributed by atoms with E-state index in [1.54, 1.807) is 19.9 Å². The molecule has 160 valence electrons. The van der Waals surface area contributed by atoms with Crippen molar-refractivity contribution in [2.24, 2.45) is 4.99 Å². The topological polar surface area (TPSA) is 123 Å². The van der Waals surface area contributed by atoms with E-state index in [-0.39, 0.29) is 35.1 Å². The summed E-state index contributed by atoms with van der Waals surface area (Å²) in [5, 5.41) is 24.2. The van der Waals surface area contributed by atoms with E-state index >= 15 is 0 Å². The van der Waals surface area contributed by atoms with Crippen molar-refractivity contribution in [3.8, 4) is 0 Å². The molecule has 1 aromatic carbocycles. The number of nitrogens with zero attached hydrogens (tertiary/aromatic N) is 2. The van der Waals surface area contributed by atoms with Crippen LogP contribution in [0.5, 0.6) is 0 Å². The molecule has 2 aliphatic rings. The minimum atomic E-state index is -1.03. The molecule has 0 aromatic heterocycles. The number of ether oxygens (including phenoxy) is 3. The van der Waals surface area contributed by atoms with Gasteiger partial charge in [0.2, 0.25) is 0 Å². The maximum absolute atomic E-state index is 13.1. The first kappa shape index (κ1) is 21.5. The van der Waals surface area contributed by atoms with Crippen molar-refractivity contribution in [2.45, 2.75) is 38.7 Å². The maximum Gasteiger partial charge on any atom is 0.336 e. The smallest absolute Gasteiger partial charge is 0.336 e. The predicted octanol–water partition coefficient (Wildman–Crippen LogP) is 2.37. The molecular weight excluding hydrogens is 392 g/mol. The molecule has 0 radical (unpaired) electrons. The molecule has 0 bridgehead atoms. The molecule has 30 heavy (non-hydrogen) atoms. The summed E-state index contributed by atoms with van der Waals surface area (Å²) in [6, 6.07) is 5.99. The zero-order chi connectivity index (χ0) is 21.8. The zero-order valence-electron chi connectivity index (χ0n) is 17.0. The van der Waals surface area contributed by atoms with E-state index in [9.17, 15) is 20.0 Å². The SMILES string of the molecule is CO/C([O-])=C1\C(C)=NC(C)=C(C(=O)OC[C@@H]2CCCO2)[C@H]1c1ccccc1[N+](=O)[O-]. The normalized spacial score (nSPS) is 23.1. The average Bonchev–Trinajstić information content (AvgIpc) is 3.24. The molecule has 1 fully saturated rings. The second kappa shape index (κ2) is 9.08. The van der Waals surface area contributed by atoms with Crippen LogP contribution in [0.25, 0.3) is 0 Å². The lowest BCUT2D eigenvalue weighted by Crippen LogP contribution is -2.29. The fraction of sp³-hybridized carbons (Fsp3) is 0.429. The van der Waals surface area contributed by atoms with Crippen LogP contribution in [0, 0.1) is 10.1 Å². The van der Waals surface area contributed by atoms with E-state index in [4.69, 9.17) is 14.2 Å². The highest BCUT2D eigenvalue weighted by Gasteiger charge is 2.38. The Hall–Kier alpha value is -3.20. The fourth-order valence-electron chi connectivity index (χ4n) is 3.81. The van der Waals surface area contributed by atoms with Crippen LogP contribution < -0.4 is 5.11 Å². The van der Waals surface area contributed by atoms with Gasteiger partial charge in [-0.2, -0.15) is 0 Å². The summed E-state index contributed by atoms with van der Waals surface area (Å²) < 4.78 is 15.8. The number of methoxy groups -OCH3 is 1. The highest BCUT2D eigenvalue weighted by Crippen LogP contribution is 2.43. The Labute approximate surface area is 173 Å². The minimum Gasteiger partial charge on any atom is -0.616 e. The van der Waals surface area contributed by atoms with Crippen LogP contribution in [0.2, 0.25) is 0 Å². The summed E-state index contributed by atoms with van der Waals surface area (Å²) in [4.78, 5) is 28.5. The van der Waals surface area contributed by atoms with Crippen LogP contribution in [0.3, 0.4) is 0 Å². The van der Waals surface area contributed by atoms with Gasteiger partial charge in [-0.05, 0) is 33.8 Å². The molecule has 2 atom stereocenters. The number of aliphatic imine (C=N–C) groups is 1. The Kier molecular flexibility index (Phi) is 6.51. The summed E-state index contributed by atoms with van der Waals surface area (Å²) in [5.41, 5.74) is 0.796. The van der Waals surface area contributed by atoms with Crippen LogP contribution in [0.1, 0.15) is 38.2 Å². The zero-order valence-corrected chi connectivity index (χ0v) is 17.0. The van der Waals surface area contributed by atoms with Crippen molar-refractivity contribution in [1.29, 1.82) is 0 Å². The van der Waals surface area contributed by atoms with Gasteiger partial charge >= 0.3 is 5.97 Å². The lowest BCUT2D eigenvalue weighted by molar-refractivity contribution is -0.385. The molecule has 1 saturated heterocycles. The lowest BCUT2D eigenvalue weighted by atomic mass is 9.79. The molecule has 0 unspecified atom stereocenters. The fourth-order valence-corrected chi connectivity index (χ4v) is 3.81. The first-order valence-electron chi connectivity index (χ1n) is 9.58. The third kappa shape index (κ3) is 4.20. The quantitative estimate of drug-likeness (QED) is 0.302. The summed E-state index contributed by atoms with van der Waals surface area (Å²) in [6.45, 7) is 3.90. The number of allylic oxidation sites excluding steroid dienone is 2. The van der Waals surface area contributed by atoms with Gasteiger partial charge in [0.05, 0.1) is 28.5 Å². The molecule has 2 heterocycles. The van der Waals surface area contributed by atoms with Gasteiger partial charge in [0.15, 0.2) is 0 Å². The van der Waals surface area contributed by atoms with Crippen molar-refractivity contribution < 1.29 is 29.0 Å². The van der Waals surface area contributed by atoms with Crippen molar-refractivity contribution in [1.82, 2.24) is 0 Å². The number of hydrogen-bond acceptors (Lipinski definition) is 8. The van der Waals surface area contributed by atoms with E-state index in [1.807, 2.05) is 0 Å². The third-order valence-corrected chi connectivity index (χ3v) is 5.19. The summed E-state index contributed by atoms with van der Waals surface area (Å²) in [5.74, 6) is -2.44. The summed E-state index contributed by atoms with van der Waals surface area (Å²) >= 11 is 0. The van der Waals surface area contributed by atoms with Crippen molar-refractivity contribution in [3.05, 3.63) is 62.7 Å². The second-order valence-electron chi connectivity index (χ2n) is 7.08. The van der Waals surface area contributed by atoms with Crippen LogP contribution >= 0.6 is 0 Å². The van der Waals surface area contributed by atoms with Crippen LogP contribution in [0.4, 0.5) is 5.69 Å². The van der Waals surface area contributed by atoms with Crippen LogP contribution in [-0.2, 0) is 19.0 Å². The van der Waals surface area contributed by atoms with Crippen molar-refractivity contribution >= 4 is 17.4 Å². The Bertz CT molecular complexity index is 942. The Morgan fingerprint density at radius 3 is 2.70 bits per heavy atom. The Balaban J connectivity index is 2.10. The van der Waals surface area contributed by atoms with Gasteiger partial charge < -0.3 is 19.3 Å². The number of hydrogen-bond donors (Lipinski definition) is 0. The highest BCUT2D eigenvalue weighted by molar-refractivity contribution is 6.06. The standard InChI is InChI=1S/C21H24N2O7/c1-12-17(20(24)28-3)19(15-8-4-5-9-16(15)23(26)27)18(13(2)22-12)21(25)30-11-14-7-6-10-29-14/h4-5,8-9,14,19,24H,6-7,10-11H2,1-3H3/p-1/b20-17+/t14-,19-/m0/s1. The van der Waals surface area contributed by atoms with Gasteiger partial charge in [0.1, 0.15) is 6.61 Å². The molecular formula is C21H23N2O7-. The van der Waals surface area contributed by atoms with E-state index in [0.29, 0.717) is 18.0 Å². The van der Waals surface area contributed by atoms with Gasteiger partial charge in [-0.15, -0.1) is 0 Å². The third-order valence-electron chi connectivity index (χ3n) is 5.19. The molecule has 9 nitrogen and oxygen atoms in total. The largest absolute Gasteiger partial charge is 0.616 e. The van der Waals surface area contributed by atoms with Gasteiger partial charge in [-0.25, -0.2) is 4.79 Å². The molecule has 0 spiro atoms. The Morgan fingerprint density at radius 1 is 1.33 bits per heavy atom. The number of nitro benzene ring substituents is 1. The van der Waals surface area contributed by atoms with Gasteiger partial charge in [0.25, 0.3) is 5.69 Å². The monoisotopic (exact) mass is 415 g/mol. The molecule has 3 rings (SSSR count). The van der Waals surface area contributed by atoms with Gasteiger partial charge in [-0.3, -0.25) is 15.1 Å². The van der Waals surface area contributed by atoms with E-state index in [1.165, 1.54) is 25.3 Å². The molecule has 9 heteroatoms. The number of esters is 1. The first-order chi connectivity index (χ1) is 14.3. The van der Waals surface area contributed by atoms with E-state index < -0.39 is 22.8 Å². The first-order valence-corrected chi connectivity index (χ1v) is 9.58. The van der Waals surface area contributed by atoms with Crippen molar-refractivity contribution in [3.63, 3.8) is 0 Å². The van der Waals surface area contributed by atoms with Crippen LogP contribution in [0.15, 0.2) is 52.0 Å². The lowest BCUT2D eigenvalue weighted by Gasteiger charge is -2.30. The van der Waals surface area contributed by atoms with E-state index in [0.717, 1.165) is 12.8 Å².